The van der Waals surface area contributed by atoms with E-state index in [2.05, 4.69) is 15.3 Å². The number of hydrogen-bond acceptors (Lipinski definition) is 6. The molecule has 0 saturated carbocycles. The van der Waals surface area contributed by atoms with Crippen molar-refractivity contribution in [1.82, 2.24) is 34.7 Å². The maximum absolute atomic E-state index is 14.9. The summed E-state index contributed by atoms with van der Waals surface area (Å²) in [6.07, 6.45) is 3.39. The maximum Gasteiger partial charge on any atom is 0.254 e. The number of halogens is 2. The average molecular weight is 519 g/mol. The zero-order chi connectivity index (χ0) is 24.6. The zero-order valence-electron chi connectivity index (χ0n) is 19.7. The van der Waals surface area contributed by atoms with Crippen LogP contribution in [0.1, 0.15) is 33.2 Å². The van der Waals surface area contributed by atoms with Crippen LogP contribution in [0.15, 0.2) is 73.1 Å². The summed E-state index contributed by atoms with van der Waals surface area (Å²) in [6, 6.07) is 18.2. The smallest absolute Gasteiger partial charge is 0.254 e. The molecule has 0 bridgehead atoms. The third-order valence-electron chi connectivity index (χ3n) is 6.42. The molecular formula is C26H24ClFN8O. The molecule has 3 aromatic heterocycles. The van der Waals surface area contributed by atoms with Gasteiger partial charge in [0, 0.05) is 30.8 Å². The molecule has 1 amide bonds. The van der Waals surface area contributed by atoms with Crippen molar-refractivity contribution < 1.29 is 9.18 Å². The molecule has 5 aromatic rings. The molecule has 6 rings (SSSR count). The Labute approximate surface area is 218 Å². The van der Waals surface area contributed by atoms with E-state index >= 15 is 0 Å². The first kappa shape index (κ1) is 24.4. The molecule has 1 aliphatic rings. The third-order valence-corrected chi connectivity index (χ3v) is 6.42. The number of likely N-dealkylation sites (tertiary alicyclic amines) is 1. The van der Waals surface area contributed by atoms with Crippen molar-refractivity contribution in [2.75, 3.05) is 18.8 Å². The van der Waals surface area contributed by atoms with E-state index in [0.29, 0.717) is 54.2 Å². The fourth-order valence-electron chi connectivity index (χ4n) is 4.62. The number of nitrogens with two attached hydrogens (primary N) is 1. The first-order valence-corrected chi connectivity index (χ1v) is 11.6. The van der Waals surface area contributed by atoms with Gasteiger partial charge < -0.3 is 10.6 Å². The molecule has 2 N–H and O–H groups in total. The molecule has 0 atom stereocenters. The molecule has 1 aliphatic heterocycles. The standard InChI is InChI=1S/C26H23FN8O.ClH/c27-21-7-4-8-22-24(21)25(19-13-33(14-19)26(36)18-9-10-29-23(28)11-18)31-35(22)16-20-15-34(32-30-20)12-17-5-2-1-3-6-17;/h1-11,15,19H,12-14,16H2,(H2,28,29);1H. The Balaban J connectivity index is 0.00000280. The molecule has 0 aliphatic carbocycles. The van der Waals surface area contributed by atoms with Crippen molar-refractivity contribution in [3.8, 4) is 0 Å². The molecule has 11 heteroatoms. The van der Waals surface area contributed by atoms with Gasteiger partial charge in [0.15, 0.2) is 0 Å². The van der Waals surface area contributed by atoms with Crippen molar-refractivity contribution in [1.29, 1.82) is 0 Å². The van der Waals surface area contributed by atoms with Crippen LogP contribution in [0.2, 0.25) is 0 Å². The van der Waals surface area contributed by atoms with Gasteiger partial charge in [0.05, 0.1) is 35.9 Å². The van der Waals surface area contributed by atoms with E-state index in [1.807, 2.05) is 42.6 Å². The van der Waals surface area contributed by atoms with Gasteiger partial charge in [0.2, 0.25) is 0 Å². The third kappa shape index (κ3) is 4.75. The second-order valence-electron chi connectivity index (χ2n) is 8.95. The Bertz CT molecular complexity index is 1560. The lowest BCUT2D eigenvalue weighted by molar-refractivity contribution is 0.0599. The summed E-state index contributed by atoms with van der Waals surface area (Å²) in [6.45, 7) is 1.88. The molecule has 0 radical (unpaired) electrons. The highest BCUT2D eigenvalue weighted by Crippen LogP contribution is 2.34. The lowest BCUT2D eigenvalue weighted by atomic mass is 9.93. The number of aromatic nitrogens is 6. The number of amides is 1. The number of benzene rings is 2. The number of anilines is 1. The van der Waals surface area contributed by atoms with Gasteiger partial charge in [-0.25, -0.2) is 14.1 Å². The Morgan fingerprint density at radius 3 is 2.65 bits per heavy atom. The minimum atomic E-state index is -0.326. The number of hydrogen-bond donors (Lipinski definition) is 1. The van der Waals surface area contributed by atoms with Crippen molar-refractivity contribution in [3.63, 3.8) is 0 Å². The first-order chi connectivity index (χ1) is 17.5. The minimum Gasteiger partial charge on any atom is -0.384 e. The molecule has 188 valence electrons. The SMILES string of the molecule is Cl.Nc1cc(C(=O)N2CC(c3nn(Cc4cn(Cc5ccccc5)nn4)c4cccc(F)c34)C2)ccn1. The van der Waals surface area contributed by atoms with Crippen molar-refractivity contribution in [3.05, 3.63) is 101 Å². The Hall–Kier alpha value is -4.31. The summed E-state index contributed by atoms with van der Waals surface area (Å²) in [7, 11) is 0. The van der Waals surface area contributed by atoms with Gasteiger partial charge in [-0.3, -0.25) is 9.48 Å². The van der Waals surface area contributed by atoms with E-state index in [0.717, 1.165) is 11.3 Å². The molecule has 9 nitrogen and oxygen atoms in total. The van der Waals surface area contributed by atoms with E-state index in [4.69, 9.17) is 10.8 Å². The van der Waals surface area contributed by atoms with E-state index in [1.165, 1.54) is 12.3 Å². The highest BCUT2D eigenvalue weighted by atomic mass is 35.5. The quantitative estimate of drug-likeness (QED) is 0.368. The average Bonchev–Trinajstić information content (AvgIpc) is 3.44. The van der Waals surface area contributed by atoms with Gasteiger partial charge in [0.25, 0.3) is 5.91 Å². The van der Waals surface area contributed by atoms with Crippen molar-refractivity contribution in [2.45, 2.75) is 19.0 Å². The number of carbonyl (C=O) groups excluding carboxylic acids is 1. The van der Waals surface area contributed by atoms with Gasteiger partial charge in [-0.2, -0.15) is 5.10 Å². The highest BCUT2D eigenvalue weighted by molar-refractivity contribution is 5.95. The molecular weight excluding hydrogens is 495 g/mol. The molecule has 4 heterocycles. The van der Waals surface area contributed by atoms with Crippen LogP contribution in [-0.2, 0) is 13.1 Å². The molecule has 0 unspecified atom stereocenters. The molecule has 2 aromatic carbocycles. The number of fused-ring (bicyclic) bond motifs is 1. The molecule has 1 fully saturated rings. The monoisotopic (exact) mass is 518 g/mol. The van der Waals surface area contributed by atoms with Crippen molar-refractivity contribution >= 4 is 35.0 Å². The van der Waals surface area contributed by atoms with Gasteiger partial charge >= 0.3 is 0 Å². The first-order valence-electron chi connectivity index (χ1n) is 11.6. The van der Waals surface area contributed by atoms with Crippen LogP contribution < -0.4 is 5.73 Å². The van der Waals surface area contributed by atoms with E-state index in [-0.39, 0.29) is 30.0 Å². The normalized spacial score (nSPS) is 13.4. The Morgan fingerprint density at radius 1 is 1.05 bits per heavy atom. The predicted molar refractivity (Wildman–Crippen MR) is 139 cm³/mol. The number of carbonyl (C=O) groups is 1. The van der Waals surface area contributed by atoms with Crippen LogP contribution in [0.25, 0.3) is 10.9 Å². The van der Waals surface area contributed by atoms with Crippen LogP contribution in [0, 0.1) is 5.82 Å². The lowest BCUT2D eigenvalue weighted by Gasteiger charge is -2.38. The number of nitrogens with zero attached hydrogens (tertiary/aromatic N) is 7. The van der Waals surface area contributed by atoms with Crippen molar-refractivity contribution in [2.24, 2.45) is 0 Å². The fraction of sp³-hybridized carbons (Fsp3) is 0.192. The highest BCUT2D eigenvalue weighted by Gasteiger charge is 2.36. The number of nitrogen functional groups attached to an aromatic ring is 1. The van der Waals surface area contributed by atoms with Gasteiger partial charge in [0.1, 0.15) is 17.3 Å². The topological polar surface area (TPSA) is 108 Å². The zero-order valence-corrected chi connectivity index (χ0v) is 20.6. The van der Waals surface area contributed by atoms with Crippen LogP contribution in [0.5, 0.6) is 0 Å². The largest absolute Gasteiger partial charge is 0.384 e. The summed E-state index contributed by atoms with van der Waals surface area (Å²) in [5, 5.41) is 13.8. The fourth-order valence-corrected chi connectivity index (χ4v) is 4.62. The second-order valence-corrected chi connectivity index (χ2v) is 8.95. The molecule has 37 heavy (non-hydrogen) atoms. The Morgan fingerprint density at radius 2 is 1.86 bits per heavy atom. The minimum absolute atomic E-state index is 0. The lowest BCUT2D eigenvalue weighted by Crippen LogP contribution is -2.48. The van der Waals surface area contributed by atoms with Crippen LogP contribution in [0.3, 0.4) is 0 Å². The summed E-state index contributed by atoms with van der Waals surface area (Å²) >= 11 is 0. The van der Waals surface area contributed by atoms with Crippen LogP contribution >= 0.6 is 12.4 Å². The summed E-state index contributed by atoms with van der Waals surface area (Å²) < 4.78 is 18.5. The van der Waals surface area contributed by atoms with Gasteiger partial charge in [-0.05, 0) is 29.8 Å². The van der Waals surface area contributed by atoms with Gasteiger partial charge in [-0.1, -0.05) is 41.6 Å². The van der Waals surface area contributed by atoms with Crippen LogP contribution in [-0.4, -0.2) is 53.7 Å². The van der Waals surface area contributed by atoms with Gasteiger partial charge in [-0.15, -0.1) is 17.5 Å². The van der Waals surface area contributed by atoms with E-state index in [1.54, 1.807) is 32.5 Å². The van der Waals surface area contributed by atoms with Crippen LogP contribution in [0.4, 0.5) is 10.2 Å². The number of pyridine rings is 1. The number of rotatable bonds is 6. The summed E-state index contributed by atoms with van der Waals surface area (Å²) in [4.78, 5) is 18.4. The molecule has 0 spiro atoms. The van der Waals surface area contributed by atoms with E-state index in [9.17, 15) is 9.18 Å². The summed E-state index contributed by atoms with van der Waals surface area (Å²) in [5.41, 5.74) is 9.39. The predicted octanol–water partition coefficient (Wildman–Crippen LogP) is 3.50. The molecule has 1 saturated heterocycles. The second kappa shape index (κ2) is 9.98. The summed E-state index contributed by atoms with van der Waals surface area (Å²) in [5.74, 6) is -0.222. The Kier molecular flexibility index (Phi) is 6.58. The van der Waals surface area contributed by atoms with E-state index < -0.39 is 0 Å². The maximum atomic E-state index is 14.9.